The van der Waals surface area contributed by atoms with Crippen molar-refractivity contribution in [3.05, 3.63) is 81.2 Å². The van der Waals surface area contributed by atoms with Gasteiger partial charge in [-0.15, -0.1) is 0 Å². The Morgan fingerprint density at radius 3 is 2.40 bits per heavy atom. The van der Waals surface area contributed by atoms with Gasteiger partial charge in [-0.25, -0.2) is 9.37 Å². The number of halogens is 6. The zero-order valence-electron chi connectivity index (χ0n) is 22.5. The van der Waals surface area contributed by atoms with Crippen LogP contribution in [0.4, 0.5) is 17.6 Å². The van der Waals surface area contributed by atoms with Crippen LogP contribution in [0.1, 0.15) is 54.7 Å². The topological polar surface area (TPSA) is 115 Å². The van der Waals surface area contributed by atoms with Crippen LogP contribution < -0.4 is 15.8 Å². The van der Waals surface area contributed by atoms with E-state index < -0.39 is 53.6 Å². The summed E-state index contributed by atoms with van der Waals surface area (Å²) in [6.45, 7) is 3.55. The zero-order chi connectivity index (χ0) is 31.0. The molecule has 0 spiro atoms. The normalized spacial score (nSPS) is 17.1. The van der Waals surface area contributed by atoms with Crippen molar-refractivity contribution in [1.29, 1.82) is 0 Å². The van der Waals surface area contributed by atoms with Crippen molar-refractivity contribution in [3.63, 3.8) is 0 Å². The van der Waals surface area contributed by atoms with Crippen LogP contribution in [0.15, 0.2) is 48.5 Å². The first-order valence-electron chi connectivity index (χ1n) is 12.8. The maximum Gasteiger partial charge on any atom is 0.422 e. The van der Waals surface area contributed by atoms with Gasteiger partial charge < -0.3 is 20.9 Å². The number of hydrogen-bond donors (Lipinski definition) is 3. The third-order valence-corrected chi connectivity index (χ3v) is 7.50. The van der Waals surface area contributed by atoms with Crippen LogP contribution in [0.5, 0.6) is 5.75 Å². The van der Waals surface area contributed by atoms with E-state index in [1.54, 1.807) is 13.8 Å². The lowest BCUT2D eigenvalue weighted by Gasteiger charge is -2.32. The summed E-state index contributed by atoms with van der Waals surface area (Å²) in [4.78, 5) is 28.8. The lowest BCUT2D eigenvalue weighted by atomic mass is 9.86. The monoisotopic (exact) mass is 627 g/mol. The van der Waals surface area contributed by atoms with Crippen LogP contribution >= 0.6 is 23.2 Å². The Labute approximate surface area is 249 Å². The van der Waals surface area contributed by atoms with Crippen molar-refractivity contribution in [2.75, 3.05) is 6.54 Å². The fourth-order valence-corrected chi connectivity index (χ4v) is 4.78. The first-order valence-corrected chi connectivity index (χ1v) is 13.6. The van der Waals surface area contributed by atoms with E-state index in [0.717, 1.165) is 12.1 Å². The summed E-state index contributed by atoms with van der Waals surface area (Å²) in [6.07, 6.45) is -7.36. The number of nitrogens with two attached hydrogens (primary N) is 1. The molecule has 1 amide bonds. The molecule has 13 heteroatoms. The molecular weight excluding hydrogens is 601 g/mol. The van der Waals surface area contributed by atoms with Crippen LogP contribution in [-0.4, -0.2) is 40.6 Å². The van der Waals surface area contributed by atoms with E-state index in [2.05, 4.69) is 10.3 Å². The number of carbonyl (C=O) groups excluding carboxylic acids is 2. The molecule has 42 heavy (non-hydrogen) atoms. The van der Waals surface area contributed by atoms with Crippen molar-refractivity contribution >= 4 is 34.9 Å². The average Bonchev–Trinajstić information content (AvgIpc) is 3.32. The largest absolute Gasteiger partial charge is 0.479 e. The van der Waals surface area contributed by atoms with Crippen LogP contribution in [-0.2, 0) is 15.9 Å². The van der Waals surface area contributed by atoms with E-state index in [4.69, 9.17) is 33.7 Å². The number of alkyl halides is 3. The highest BCUT2D eigenvalue weighted by molar-refractivity contribution is 6.32. The van der Waals surface area contributed by atoms with Crippen molar-refractivity contribution in [1.82, 2.24) is 10.3 Å². The first kappa shape index (κ1) is 31.7. The molecule has 2 aromatic carbocycles. The minimum atomic E-state index is -5.24. The van der Waals surface area contributed by atoms with Gasteiger partial charge in [-0.3, -0.25) is 9.59 Å². The van der Waals surface area contributed by atoms with Gasteiger partial charge in [-0.1, -0.05) is 23.2 Å². The number of amides is 1. The van der Waals surface area contributed by atoms with Crippen molar-refractivity contribution in [3.8, 4) is 17.0 Å². The van der Waals surface area contributed by atoms with Gasteiger partial charge in [0.25, 0.3) is 5.91 Å². The predicted molar refractivity (Wildman–Crippen MR) is 149 cm³/mol. The number of nitrogens with one attached hydrogen (secondary N) is 1. The molecule has 1 aliphatic rings. The third kappa shape index (κ3) is 6.70. The lowest BCUT2D eigenvalue weighted by Crippen LogP contribution is -2.44. The van der Waals surface area contributed by atoms with E-state index in [1.807, 2.05) is 0 Å². The Balaban J connectivity index is 1.65. The van der Waals surface area contributed by atoms with E-state index >= 15 is 0 Å². The maximum atomic E-state index is 14.5. The van der Waals surface area contributed by atoms with E-state index in [9.17, 15) is 32.3 Å². The Hall–Kier alpha value is -3.25. The minimum absolute atomic E-state index is 0.00576. The quantitative estimate of drug-likeness (QED) is 0.196. The number of rotatable bonds is 9. The molecular formula is C29H27Cl2F4N3O4. The summed E-state index contributed by atoms with van der Waals surface area (Å²) in [5.41, 5.74) is 1.05. The van der Waals surface area contributed by atoms with Crippen LogP contribution in [0.3, 0.4) is 0 Å². The summed E-state index contributed by atoms with van der Waals surface area (Å²) >= 11 is 12.1. The van der Waals surface area contributed by atoms with E-state index in [1.165, 1.54) is 36.4 Å². The SMILES string of the molecule is CC(C)(N)c1cc(-c2ccc(F)c(Cl)c2)nc(C(O)(CCC(=O)c2ccc(OC3CCNC3=O)c(Cl)c2)C(F)(F)F)c1. The number of ether oxygens (including phenoxy) is 1. The van der Waals surface area contributed by atoms with Gasteiger partial charge in [0.15, 0.2) is 11.9 Å². The molecule has 0 bridgehead atoms. The molecule has 2 atom stereocenters. The van der Waals surface area contributed by atoms with E-state index in [-0.39, 0.29) is 44.1 Å². The number of hydrogen-bond acceptors (Lipinski definition) is 6. The maximum absolute atomic E-state index is 14.5. The summed E-state index contributed by atoms with van der Waals surface area (Å²) < 4.78 is 62.8. The summed E-state index contributed by atoms with van der Waals surface area (Å²) in [5.74, 6) is -1.63. The number of carbonyl (C=O) groups is 2. The van der Waals surface area contributed by atoms with Crippen molar-refractivity contribution in [2.45, 2.75) is 56.5 Å². The van der Waals surface area contributed by atoms with Gasteiger partial charge in [-0.05, 0) is 74.4 Å². The molecule has 4 N–H and O–H groups in total. The smallest absolute Gasteiger partial charge is 0.422 e. The molecule has 0 saturated carbocycles. The number of Topliss-reactive ketones (excluding diaryl/α,β-unsaturated/α-hetero) is 1. The van der Waals surface area contributed by atoms with Crippen LogP contribution in [0.25, 0.3) is 11.3 Å². The van der Waals surface area contributed by atoms with Gasteiger partial charge in [0.2, 0.25) is 5.60 Å². The fourth-order valence-electron chi connectivity index (χ4n) is 4.38. The summed E-state index contributed by atoms with van der Waals surface area (Å²) in [5, 5.41) is 13.4. The Morgan fingerprint density at radius 1 is 1.12 bits per heavy atom. The molecule has 1 aliphatic heterocycles. The minimum Gasteiger partial charge on any atom is -0.479 e. The van der Waals surface area contributed by atoms with Gasteiger partial charge in [0.1, 0.15) is 11.6 Å². The zero-order valence-corrected chi connectivity index (χ0v) is 24.0. The second kappa shape index (κ2) is 11.8. The second-order valence-corrected chi connectivity index (χ2v) is 11.4. The molecule has 1 fully saturated rings. The molecule has 2 heterocycles. The average molecular weight is 628 g/mol. The number of ketones is 1. The molecule has 3 aromatic rings. The number of pyridine rings is 1. The number of benzene rings is 2. The molecule has 0 aliphatic carbocycles. The van der Waals surface area contributed by atoms with E-state index in [0.29, 0.717) is 13.0 Å². The van der Waals surface area contributed by atoms with Gasteiger partial charge in [0.05, 0.1) is 21.4 Å². The molecule has 0 radical (unpaired) electrons. The van der Waals surface area contributed by atoms with Crippen molar-refractivity contribution in [2.24, 2.45) is 5.73 Å². The number of aliphatic hydroxyl groups is 1. The predicted octanol–water partition coefficient (Wildman–Crippen LogP) is 6.07. The highest BCUT2D eigenvalue weighted by Gasteiger charge is 2.56. The van der Waals surface area contributed by atoms with Gasteiger partial charge >= 0.3 is 6.18 Å². The number of nitrogens with zero attached hydrogens (tertiary/aromatic N) is 1. The molecule has 2 unspecified atom stereocenters. The number of aromatic nitrogens is 1. The van der Waals surface area contributed by atoms with Gasteiger partial charge in [0, 0.05) is 36.1 Å². The molecule has 7 nitrogen and oxygen atoms in total. The molecule has 224 valence electrons. The fraction of sp³-hybridized carbons (Fsp3) is 0.345. The Bertz CT molecular complexity index is 1530. The first-order chi connectivity index (χ1) is 19.5. The van der Waals surface area contributed by atoms with Crippen LogP contribution in [0, 0.1) is 5.82 Å². The lowest BCUT2D eigenvalue weighted by molar-refractivity contribution is -0.270. The molecule has 1 aromatic heterocycles. The Kier molecular flexibility index (Phi) is 8.90. The van der Waals surface area contributed by atoms with Crippen LogP contribution in [0.2, 0.25) is 10.0 Å². The van der Waals surface area contributed by atoms with Gasteiger partial charge in [-0.2, -0.15) is 13.2 Å². The highest BCUT2D eigenvalue weighted by Crippen LogP contribution is 2.44. The Morgan fingerprint density at radius 2 is 1.83 bits per heavy atom. The van der Waals surface area contributed by atoms with Crippen molar-refractivity contribution < 1.29 is 37.0 Å². The molecule has 1 saturated heterocycles. The summed E-state index contributed by atoms with van der Waals surface area (Å²) in [6, 6.07) is 9.88. The highest BCUT2D eigenvalue weighted by atomic mass is 35.5. The standard InChI is InChI=1S/C29H27Cl2F4N3O4/c1-27(2,36)17-13-21(15-3-5-20(32)18(30)11-15)38-25(14-17)28(41,29(33,34)35)9-7-22(39)16-4-6-23(19(31)12-16)42-24-8-10-37-26(24)40/h3-6,11-14,24,41H,7-10,36H2,1-2H3,(H,37,40). The third-order valence-electron chi connectivity index (χ3n) is 6.91. The second-order valence-electron chi connectivity index (χ2n) is 10.6. The summed E-state index contributed by atoms with van der Waals surface area (Å²) in [7, 11) is 0. The molecule has 4 rings (SSSR count).